The highest BCUT2D eigenvalue weighted by molar-refractivity contribution is 5.89. The molecule has 2 aromatic rings. The number of carboxylic acid groups (broad SMARTS) is 1. The minimum atomic E-state index is -1.53. The number of ether oxygens (including phenoxy) is 3. The number of nitrogens with one attached hydrogen (secondary N) is 2. The first-order valence-corrected chi connectivity index (χ1v) is 12.4. The summed E-state index contributed by atoms with van der Waals surface area (Å²) in [6.45, 7) is 8.72. The molecular formula is C27H32N3O10-. The molecule has 13 heteroatoms. The van der Waals surface area contributed by atoms with Gasteiger partial charge in [0.25, 0.3) is 5.69 Å². The fourth-order valence-electron chi connectivity index (χ4n) is 3.40. The van der Waals surface area contributed by atoms with Gasteiger partial charge in [0, 0.05) is 12.1 Å². The summed E-state index contributed by atoms with van der Waals surface area (Å²) >= 11 is 0. The fraction of sp³-hybridized carbons (Fsp3) is 0.407. The van der Waals surface area contributed by atoms with E-state index in [1.165, 1.54) is 48.5 Å². The second-order valence-electron chi connectivity index (χ2n) is 10.3. The Morgan fingerprint density at radius 1 is 0.875 bits per heavy atom. The normalized spacial score (nSPS) is 12.6. The maximum atomic E-state index is 12.9. The van der Waals surface area contributed by atoms with Gasteiger partial charge in [-0.2, -0.15) is 0 Å². The van der Waals surface area contributed by atoms with E-state index in [1.807, 2.05) is 13.8 Å². The Kier molecular flexibility index (Phi) is 11.0. The molecule has 40 heavy (non-hydrogen) atoms. The van der Waals surface area contributed by atoms with Gasteiger partial charge in [-0.3, -0.25) is 14.9 Å². The molecule has 216 valence electrons. The van der Waals surface area contributed by atoms with Crippen molar-refractivity contribution in [2.45, 2.75) is 65.1 Å². The molecule has 2 atom stereocenters. The summed E-state index contributed by atoms with van der Waals surface area (Å²) in [7, 11) is 0. The van der Waals surface area contributed by atoms with Crippen LogP contribution in [0.15, 0.2) is 48.5 Å². The number of aliphatic carboxylic acids is 1. The molecule has 2 unspecified atom stereocenters. The zero-order valence-electron chi connectivity index (χ0n) is 22.8. The van der Waals surface area contributed by atoms with Crippen molar-refractivity contribution < 1.29 is 43.4 Å². The first-order valence-electron chi connectivity index (χ1n) is 12.4. The van der Waals surface area contributed by atoms with E-state index in [2.05, 4.69) is 10.6 Å². The number of nitro groups is 1. The van der Waals surface area contributed by atoms with Gasteiger partial charge >= 0.3 is 12.2 Å². The second kappa shape index (κ2) is 13.9. The topological polar surface area (TPSA) is 186 Å². The van der Waals surface area contributed by atoms with Crippen LogP contribution in [-0.2, 0) is 20.7 Å². The van der Waals surface area contributed by atoms with Crippen LogP contribution >= 0.6 is 0 Å². The van der Waals surface area contributed by atoms with Crippen molar-refractivity contribution in [1.82, 2.24) is 10.6 Å². The van der Waals surface area contributed by atoms with Crippen molar-refractivity contribution in [3.8, 4) is 11.5 Å². The van der Waals surface area contributed by atoms with E-state index in [-0.39, 0.29) is 35.9 Å². The van der Waals surface area contributed by atoms with Gasteiger partial charge in [0.15, 0.2) is 0 Å². The van der Waals surface area contributed by atoms with Crippen LogP contribution in [0.2, 0.25) is 0 Å². The van der Waals surface area contributed by atoms with Crippen molar-refractivity contribution >= 4 is 29.8 Å². The minimum absolute atomic E-state index is 0.00623. The van der Waals surface area contributed by atoms with Crippen LogP contribution in [0.3, 0.4) is 0 Å². The summed E-state index contributed by atoms with van der Waals surface area (Å²) in [5, 5.41) is 27.4. The highest BCUT2D eigenvalue weighted by Crippen LogP contribution is 2.19. The highest BCUT2D eigenvalue weighted by atomic mass is 16.7. The second-order valence-corrected chi connectivity index (χ2v) is 10.3. The maximum Gasteiger partial charge on any atom is 0.519 e. The van der Waals surface area contributed by atoms with Crippen LogP contribution in [0.4, 0.5) is 15.3 Å². The van der Waals surface area contributed by atoms with Crippen LogP contribution in [-0.4, -0.2) is 46.7 Å². The van der Waals surface area contributed by atoms with Crippen molar-refractivity contribution in [3.63, 3.8) is 0 Å². The summed E-state index contributed by atoms with van der Waals surface area (Å²) in [5.41, 5.74) is -0.475. The van der Waals surface area contributed by atoms with Crippen molar-refractivity contribution in [2.75, 3.05) is 0 Å². The number of alkyl carbamates (subject to hydrolysis) is 1. The monoisotopic (exact) mass is 558 g/mol. The van der Waals surface area contributed by atoms with E-state index in [0.717, 1.165) is 0 Å². The number of carbonyl (C=O) groups is 4. The molecule has 0 aliphatic heterocycles. The van der Waals surface area contributed by atoms with Crippen molar-refractivity contribution in [1.29, 1.82) is 0 Å². The Labute approximate surface area is 230 Å². The molecule has 0 saturated carbocycles. The molecule has 0 heterocycles. The highest BCUT2D eigenvalue weighted by Gasteiger charge is 2.27. The lowest BCUT2D eigenvalue weighted by atomic mass is 10.0. The standard InChI is InChI=1S/C27H33N3O10/c1-16(2)14-21(29-25(34)40-27(3,4)5)23(31)28-22(24(32)33)15-17-6-10-19(11-7-17)38-26(35)39-20-12-8-18(9-13-20)30(36)37/h6-13,16,21-22H,14-15H2,1-5H3,(H,28,31)(H,29,34)(H,32,33)/p-1. The van der Waals surface area contributed by atoms with E-state index in [4.69, 9.17) is 14.2 Å². The summed E-state index contributed by atoms with van der Waals surface area (Å²) in [4.78, 5) is 59.0. The first-order chi connectivity index (χ1) is 18.6. The number of nitrogens with zero attached hydrogens (tertiary/aromatic N) is 1. The lowest BCUT2D eigenvalue weighted by Gasteiger charge is -2.26. The number of hydrogen-bond acceptors (Lipinski definition) is 10. The number of benzene rings is 2. The molecule has 2 amide bonds. The van der Waals surface area contributed by atoms with E-state index in [0.29, 0.717) is 5.56 Å². The van der Waals surface area contributed by atoms with Crippen molar-refractivity contribution in [2.24, 2.45) is 5.92 Å². The molecule has 0 spiro atoms. The minimum Gasteiger partial charge on any atom is -0.548 e. The molecule has 13 nitrogen and oxygen atoms in total. The first kappa shape index (κ1) is 31.5. The third kappa shape index (κ3) is 11.0. The van der Waals surface area contributed by atoms with Crippen LogP contribution in [0.5, 0.6) is 11.5 Å². The van der Waals surface area contributed by atoms with Gasteiger partial charge in [0.1, 0.15) is 23.1 Å². The number of rotatable bonds is 11. The molecule has 0 aliphatic rings. The molecule has 0 bridgehead atoms. The number of carboxylic acids is 1. The average molecular weight is 559 g/mol. The van der Waals surface area contributed by atoms with E-state index < -0.39 is 46.7 Å². The number of nitro benzene ring substituents is 1. The molecule has 2 rings (SSSR count). The summed E-state index contributed by atoms with van der Waals surface area (Å²) in [6, 6.07) is 8.14. The molecule has 0 saturated heterocycles. The molecule has 0 fully saturated rings. The summed E-state index contributed by atoms with van der Waals surface area (Å²) < 4.78 is 15.2. The smallest absolute Gasteiger partial charge is 0.519 e. The van der Waals surface area contributed by atoms with Gasteiger partial charge < -0.3 is 34.7 Å². The van der Waals surface area contributed by atoms with E-state index in [1.54, 1.807) is 20.8 Å². The molecule has 2 aromatic carbocycles. The zero-order chi connectivity index (χ0) is 30.0. The van der Waals surface area contributed by atoms with Gasteiger partial charge in [0.05, 0.1) is 16.9 Å². The number of hydrogen-bond donors (Lipinski definition) is 2. The Balaban J connectivity index is 2.00. The lowest BCUT2D eigenvalue weighted by molar-refractivity contribution is -0.384. The summed E-state index contributed by atoms with van der Waals surface area (Å²) in [5.74, 6) is -2.10. The van der Waals surface area contributed by atoms with Crippen LogP contribution < -0.4 is 25.2 Å². The largest absolute Gasteiger partial charge is 0.548 e. The van der Waals surface area contributed by atoms with E-state index in [9.17, 15) is 34.4 Å². The molecule has 0 radical (unpaired) electrons. The summed E-state index contributed by atoms with van der Waals surface area (Å²) in [6.07, 6.45) is -1.80. The molecule has 2 N–H and O–H groups in total. The maximum absolute atomic E-state index is 12.9. The number of carbonyl (C=O) groups excluding carboxylic acids is 4. The molecular weight excluding hydrogens is 526 g/mol. The van der Waals surface area contributed by atoms with Gasteiger partial charge in [-0.05, 0) is 69.4 Å². The number of amides is 2. The van der Waals surface area contributed by atoms with E-state index >= 15 is 0 Å². The van der Waals surface area contributed by atoms with Gasteiger partial charge in [0.2, 0.25) is 5.91 Å². The third-order valence-electron chi connectivity index (χ3n) is 5.13. The molecule has 0 aliphatic carbocycles. The number of non-ortho nitro benzene ring substituents is 1. The SMILES string of the molecule is CC(C)CC(NC(=O)OC(C)(C)C)C(=O)NC(Cc1ccc(OC(=O)Oc2ccc([N+](=O)[O-])cc2)cc1)C(=O)[O-]. The lowest BCUT2D eigenvalue weighted by Crippen LogP contribution is -2.55. The third-order valence-corrected chi connectivity index (χ3v) is 5.13. The van der Waals surface area contributed by atoms with Crippen LogP contribution in [0.1, 0.15) is 46.6 Å². The Morgan fingerprint density at radius 2 is 1.40 bits per heavy atom. The van der Waals surface area contributed by atoms with Crippen molar-refractivity contribution in [3.05, 3.63) is 64.2 Å². The Hall–Kier alpha value is -4.68. The predicted octanol–water partition coefficient (Wildman–Crippen LogP) is 2.89. The fourth-order valence-corrected chi connectivity index (χ4v) is 3.40. The van der Waals surface area contributed by atoms with Gasteiger partial charge in [-0.1, -0.05) is 26.0 Å². The Bertz CT molecular complexity index is 1200. The predicted molar refractivity (Wildman–Crippen MR) is 139 cm³/mol. The average Bonchev–Trinajstić information content (AvgIpc) is 2.83. The van der Waals surface area contributed by atoms with Gasteiger partial charge in [-0.25, -0.2) is 9.59 Å². The zero-order valence-corrected chi connectivity index (χ0v) is 22.8. The molecule has 0 aromatic heterocycles. The van der Waals surface area contributed by atoms with Crippen LogP contribution in [0, 0.1) is 16.0 Å². The Morgan fingerprint density at radius 3 is 1.85 bits per heavy atom. The quantitative estimate of drug-likeness (QED) is 0.180. The van der Waals surface area contributed by atoms with Gasteiger partial charge in [-0.15, -0.1) is 0 Å². The van der Waals surface area contributed by atoms with Crippen LogP contribution in [0.25, 0.3) is 0 Å².